The number of H-pyrrole nitrogens is 1. The van der Waals surface area contributed by atoms with Crippen molar-refractivity contribution in [3.8, 4) is 5.75 Å². The first-order valence-electron chi connectivity index (χ1n) is 5.56. The van der Waals surface area contributed by atoms with Crippen LogP contribution < -0.4 is 20.9 Å². The zero-order valence-electron chi connectivity index (χ0n) is 10.4. The molecule has 0 bridgehead atoms. The highest BCUT2D eigenvalue weighted by Crippen LogP contribution is 2.27. The number of nitrogens with zero attached hydrogens (tertiary/aromatic N) is 1. The fraction of sp³-hybridized carbons (Fsp3) is 0.0833. The molecule has 0 atom stereocenters. The molecule has 0 saturated heterocycles. The maximum absolute atomic E-state index is 11.7. The lowest BCUT2D eigenvalue weighted by Crippen LogP contribution is -2.21. The van der Waals surface area contributed by atoms with E-state index in [0.29, 0.717) is 16.5 Å². The van der Waals surface area contributed by atoms with Crippen LogP contribution >= 0.6 is 11.6 Å². The highest BCUT2D eigenvalue weighted by molar-refractivity contribution is 6.32. The molecule has 8 heteroatoms. The number of rotatable bonds is 3. The van der Waals surface area contributed by atoms with E-state index in [4.69, 9.17) is 16.3 Å². The molecule has 2 rings (SSSR count). The van der Waals surface area contributed by atoms with E-state index < -0.39 is 6.03 Å². The third-order valence-electron chi connectivity index (χ3n) is 2.33. The Morgan fingerprint density at radius 3 is 2.70 bits per heavy atom. The molecule has 0 fully saturated rings. The maximum Gasteiger partial charge on any atom is 0.324 e. The molecule has 2 aromatic rings. The summed E-state index contributed by atoms with van der Waals surface area (Å²) in [6.07, 6.45) is 0. The fourth-order valence-electron chi connectivity index (χ4n) is 1.44. The van der Waals surface area contributed by atoms with Gasteiger partial charge in [-0.2, -0.15) is 5.10 Å². The molecule has 1 aromatic heterocycles. The number of hydrogen-bond donors (Lipinski definition) is 3. The van der Waals surface area contributed by atoms with E-state index in [1.807, 2.05) is 0 Å². The van der Waals surface area contributed by atoms with E-state index in [1.165, 1.54) is 19.2 Å². The molecule has 7 nitrogen and oxygen atoms in total. The topological polar surface area (TPSA) is 96.1 Å². The van der Waals surface area contributed by atoms with E-state index >= 15 is 0 Å². The van der Waals surface area contributed by atoms with Crippen molar-refractivity contribution in [3.05, 3.63) is 45.7 Å². The fourth-order valence-corrected chi connectivity index (χ4v) is 1.69. The Kier molecular flexibility index (Phi) is 4.21. The minimum Gasteiger partial charge on any atom is -0.495 e. The average molecular weight is 295 g/mol. The summed E-state index contributed by atoms with van der Waals surface area (Å²) in [7, 11) is 1.50. The van der Waals surface area contributed by atoms with Gasteiger partial charge in [0.05, 0.1) is 12.1 Å². The zero-order chi connectivity index (χ0) is 14.5. The van der Waals surface area contributed by atoms with Crippen LogP contribution in [0.3, 0.4) is 0 Å². The van der Waals surface area contributed by atoms with Gasteiger partial charge in [-0.15, -0.1) is 0 Å². The maximum atomic E-state index is 11.7. The van der Waals surface area contributed by atoms with Crippen LogP contribution in [0.25, 0.3) is 0 Å². The summed E-state index contributed by atoms with van der Waals surface area (Å²) in [5.74, 6) is 0.738. The molecular weight excluding hydrogens is 284 g/mol. The molecule has 104 valence electrons. The van der Waals surface area contributed by atoms with E-state index in [2.05, 4.69) is 20.8 Å². The Labute approximate surface area is 118 Å². The molecule has 1 aromatic carbocycles. The van der Waals surface area contributed by atoms with Crippen molar-refractivity contribution in [1.29, 1.82) is 0 Å². The van der Waals surface area contributed by atoms with Gasteiger partial charge in [0, 0.05) is 11.8 Å². The first kappa shape index (κ1) is 13.9. The second kappa shape index (κ2) is 6.07. The number of ether oxygens (including phenoxy) is 1. The Hall–Kier alpha value is -2.54. The number of halogens is 1. The monoisotopic (exact) mass is 294 g/mol. The quantitative estimate of drug-likeness (QED) is 0.807. The molecule has 2 amide bonds. The van der Waals surface area contributed by atoms with Gasteiger partial charge in [-0.1, -0.05) is 11.6 Å². The van der Waals surface area contributed by atoms with Crippen LogP contribution in [0.2, 0.25) is 5.02 Å². The van der Waals surface area contributed by atoms with Crippen LogP contribution in [0, 0.1) is 0 Å². The molecule has 0 saturated carbocycles. The number of anilines is 2. The average Bonchev–Trinajstić information content (AvgIpc) is 2.41. The summed E-state index contributed by atoms with van der Waals surface area (Å²) >= 11 is 5.94. The summed E-state index contributed by atoms with van der Waals surface area (Å²) in [6, 6.07) is 6.97. The number of aromatic nitrogens is 2. The van der Waals surface area contributed by atoms with Crippen molar-refractivity contribution in [2.75, 3.05) is 17.7 Å². The molecule has 0 aliphatic carbocycles. The van der Waals surface area contributed by atoms with Crippen molar-refractivity contribution in [2.24, 2.45) is 0 Å². The van der Waals surface area contributed by atoms with E-state index in [9.17, 15) is 9.59 Å². The predicted molar refractivity (Wildman–Crippen MR) is 75.5 cm³/mol. The summed E-state index contributed by atoms with van der Waals surface area (Å²) in [5, 5.41) is 11.3. The molecule has 3 N–H and O–H groups in total. The highest BCUT2D eigenvalue weighted by Gasteiger charge is 2.06. The summed E-state index contributed by atoms with van der Waals surface area (Å²) < 4.78 is 5.01. The number of carbonyl (C=O) groups is 1. The second-order valence-corrected chi connectivity index (χ2v) is 4.14. The lowest BCUT2D eigenvalue weighted by molar-refractivity contribution is 0.262. The van der Waals surface area contributed by atoms with Crippen molar-refractivity contribution in [2.45, 2.75) is 0 Å². The predicted octanol–water partition coefficient (Wildman–Crippen LogP) is 2.08. The standard InChI is InChI=1S/C12H11ClN4O3/c1-20-9-3-2-7(6-8(9)13)14-12(19)15-10-4-5-11(18)17-16-10/h2-6H,1H3,(H,17,18)(H2,14,15,16,19). The van der Waals surface area contributed by atoms with Crippen LogP contribution in [0.15, 0.2) is 35.1 Å². The number of urea groups is 1. The Morgan fingerprint density at radius 2 is 2.10 bits per heavy atom. The minimum atomic E-state index is -0.509. The number of methoxy groups -OCH3 is 1. The SMILES string of the molecule is COc1ccc(NC(=O)Nc2ccc(=O)[nH]n2)cc1Cl. The highest BCUT2D eigenvalue weighted by atomic mass is 35.5. The zero-order valence-corrected chi connectivity index (χ0v) is 11.2. The molecule has 1 heterocycles. The van der Waals surface area contributed by atoms with Crippen molar-refractivity contribution < 1.29 is 9.53 Å². The van der Waals surface area contributed by atoms with Gasteiger partial charge < -0.3 is 10.1 Å². The molecule has 0 spiro atoms. The van der Waals surface area contributed by atoms with Crippen LogP contribution in [0.1, 0.15) is 0 Å². The number of benzene rings is 1. The number of nitrogens with one attached hydrogen (secondary N) is 3. The molecule has 0 radical (unpaired) electrons. The Balaban J connectivity index is 2.02. The third-order valence-corrected chi connectivity index (χ3v) is 2.63. The van der Waals surface area contributed by atoms with Gasteiger partial charge in [-0.3, -0.25) is 10.1 Å². The molecule has 0 aliphatic heterocycles. The first-order valence-corrected chi connectivity index (χ1v) is 5.93. The van der Waals surface area contributed by atoms with Gasteiger partial charge in [0.2, 0.25) is 0 Å². The van der Waals surface area contributed by atoms with Gasteiger partial charge in [0.15, 0.2) is 5.82 Å². The molecule has 0 unspecified atom stereocenters. The smallest absolute Gasteiger partial charge is 0.324 e. The normalized spacial score (nSPS) is 9.90. The number of aromatic amines is 1. The van der Waals surface area contributed by atoms with Crippen LogP contribution in [0.5, 0.6) is 5.75 Å². The van der Waals surface area contributed by atoms with Crippen LogP contribution in [0.4, 0.5) is 16.3 Å². The van der Waals surface area contributed by atoms with Crippen molar-refractivity contribution in [1.82, 2.24) is 10.2 Å². The van der Waals surface area contributed by atoms with E-state index in [-0.39, 0.29) is 11.4 Å². The number of amides is 2. The summed E-state index contributed by atoms with van der Waals surface area (Å²) in [4.78, 5) is 22.5. The number of hydrogen-bond acceptors (Lipinski definition) is 4. The Bertz CT molecular complexity index is 666. The second-order valence-electron chi connectivity index (χ2n) is 3.73. The van der Waals surface area contributed by atoms with Crippen LogP contribution in [-0.4, -0.2) is 23.3 Å². The lowest BCUT2D eigenvalue weighted by atomic mass is 10.3. The first-order chi connectivity index (χ1) is 9.58. The van der Waals surface area contributed by atoms with Gasteiger partial charge in [-0.05, 0) is 24.3 Å². The number of carbonyl (C=O) groups excluding carboxylic acids is 1. The van der Waals surface area contributed by atoms with Gasteiger partial charge in [-0.25, -0.2) is 9.89 Å². The lowest BCUT2D eigenvalue weighted by Gasteiger charge is -2.08. The van der Waals surface area contributed by atoms with Gasteiger partial charge >= 0.3 is 6.03 Å². The Morgan fingerprint density at radius 1 is 1.30 bits per heavy atom. The van der Waals surface area contributed by atoms with Crippen molar-refractivity contribution in [3.63, 3.8) is 0 Å². The molecule has 20 heavy (non-hydrogen) atoms. The van der Waals surface area contributed by atoms with Crippen molar-refractivity contribution >= 4 is 29.1 Å². The summed E-state index contributed by atoms with van der Waals surface area (Å²) in [6.45, 7) is 0. The van der Waals surface area contributed by atoms with E-state index in [1.54, 1.807) is 18.2 Å². The molecule has 0 aliphatic rings. The third kappa shape index (κ3) is 3.48. The molecular formula is C12H11ClN4O3. The van der Waals surface area contributed by atoms with Crippen LogP contribution in [-0.2, 0) is 0 Å². The van der Waals surface area contributed by atoms with E-state index in [0.717, 1.165) is 0 Å². The minimum absolute atomic E-state index is 0.224. The van der Waals surface area contributed by atoms with Gasteiger partial charge in [0.1, 0.15) is 5.75 Å². The summed E-state index contributed by atoms with van der Waals surface area (Å²) in [5.41, 5.74) is 0.149. The largest absolute Gasteiger partial charge is 0.495 e. The van der Waals surface area contributed by atoms with Gasteiger partial charge in [0.25, 0.3) is 5.56 Å².